The topological polar surface area (TPSA) is 0 Å². The molecule has 0 spiro atoms. The monoisotopic (exact) mass is 294 g/mol. The van der Waals surface area contributed by atoms with Crippen molar-refractivity contribution in [1.82, 2.24) is 0 Å². The summed E-state index contributed by atoms with van der Waals surface area (Å²) >= 11 is 0. The van der Waals surface area contributed by atoms with Crippen LogP contribution in [0.4, 0.5) is 4.39 Å². The molecule has 1 heteroatoms. The molecular formula is C20H35F. The van der Waals surface area contributed by atoms with E-state index in [0.717, 1.165) is 30.5 Å². The molecule has 21 heavy (non-hydrogen) atoms. The molecule has 122 valence electrons. The van der Waals surface area contributed by atoms with Crippen molar-refractivity contribution in [3.8, 4) is 0 Å². The first kappa shape index (κ1) is 17.0. The third-order valence-corrected chi connectivity index (χ3v) is 6.71. The van der Waals surface area contributed by atoms with Crippen LogP contribution in [0, 0.1) is 23.2 Å². The van der Waals surface area contributed by atoms with Crippen LogP contribution in [0.2, 0.25) is 0 Å². The lowest BCUT2D eigenvalue weighted by Crippen LogP contribution is -2.40. The van der Waals surface area contributed by atoms with Crippen molar-refractivity contribution < 1.29 is 4.39 Å². The van der Waals surface area contributed by atoms with Gasteiger partial charge in [0.15, 0.2) is 0 Å². The average Bonchev–Trinajstić information content (AvgIpc) is 2.54. The smallest absolute Gasteiger partial charge is 0.0827 e. The maximum Gasteiger partial charge on any atom is 0.0827 e. The maximum atomic E-state index is 12.2. The molecule has 2 saturated carbocycles. The van der Waals surface area contributed by atoms with Gasteiger partial charge in [0.2, 0.25) is 0 Å². The summed E-state index contributed by atoms with van der Waals surface area (Å²) in [5.74, 6) is 2.59. The fourth-order valence-corrected chi connectivity index (χ4v) is 5.45. The highest BCUT2D eigenvalue weighted by atomic mass is 19.1. The van der Waals surface area contributed by atoms with Crippen molar-refractivity contribution in [3.63, 3.8) is 0 Å². The second-order valence-corrected chi connectivity index (χ2v) is 7.80. The molecule has 0 amide bonds. The third-order valence-electron chi connectivity index (χ3n) is 6.71. The molecule has 2 fully saturated rings. The maximum absolute atomic E-state index is 12.2. The van der Waals surface area contributed by atoms with Gasteiger partial charge in [0.1, 0.15) is 0 Å². The minimum atomic E-state index is 0.648. The van der Waals surface area contributed by atoms with E-state index >= 15 is 0 Å². The van der Waals surface area contributed by atoms with Crippen LogP contribution in [0.25, 0.3) is 0 Å². The Bertz CT molecular complexity index is 306. The zero-order valence-electron chi connectivity index (χ0n) is 14.2. The summed E-state index contributed by atoms with van der Waals surface area (Å²) in [6, 6.07) is 0. The predicted octanol–water partition coefficient (Wildman–Crippen LogP) is 7.05. The van der Waals surface area contributed by atoms with E-state index < -0.39 is 0 Å². The Balaban J connectivity index is 1.98. The Morgan fingerprint density at radius 3 is 2.33 bits per heavy atom. The molecule has 0 aromatic rings. The Labute approximate surface area is 131 Å². The molecule has 2 rings (SSSR count). The summed E-state index contributed by atoms with van der Waals surface area (Å²) in [6.07, 6.45) is 18.9. The van der Waals surface area contributed by atoms with Gasteiger partial charge in [-0.25, -0.2) is 4.39 Å². The van der Waals surface area contributed by atoms with Gasteiger partial charge in [-0.2, -0.15) is 0 Å². The normalized spacial score (nSPS) is 31.4. The van der Waals surface area contributed by atoms with E-state index in [9.17, 15) is 4.39 Å². The molecule has 2 aliphatic rings. The summed E-state index contributed by atoms with van der Waals surface area (Å²) in [5.41, 5.74) is 0.648. The lowest BCUT2D eigenvalue weighted by Gasteiger charge is -2.50. The molecule has 0 aliphatic heterocycles. The Hall–Kier alpha value is -0.330. The second kappa shape index (κ2) is 8.34. The van der Waals surface area contributed by atoms with E-state index in [0.29, 0.717) is 5.41 Å². The lowest BCUT2D eigenvalue weighted by atomic mass is 9.55. The third kappa shape index (κ3) is 4.11. The van der Waals surface area contributed by atoms with Crippen LogP contribution >= 0.6 is 0 Å². The quantitative estimate of drug-likeness (QED) is 0.492. The molecule has 0 bridgehead atoms. The van der Waals surface area contributed by atoms with Gasteiger partial charge < -0.3 is 0 Å². The zero-order valence-corrected chi connectivity index (χ0v) is 14.2. The van der Waals surface area contributed by atoms with Crippen LogP contribution in [0.5, 0.6) is 0 Å². The standard InChI is InChI=1S/C20H35F/c1-3-8-17(2)20(14-5-4-6-15-20)19-12-10-18(11-13-19)9-7-16-21/h7,16-19H,3-6,8-15H2,1-2H3/b16-7+/t17?,18-,19-. The molecule has 0 nitrogen and oxygen atoms in total. The largest absolute Gasteiger partial charge is 0.216 e. The molecule has 0 heterocycles. The molecular weight excluding hydrogens is 259 g/mol. The molecule has 0 radical (unpaired) electrons. The number of rotatable bonds is 6. The van der Waals surface area contributed by atoms with Crippen molar-refractivity contribution in [2.75, 3.05) is 0 Å². The van der Waals surface area contributed by atoms with Gasteiger partial charge in [0, 0.05) is 0 Å². The van der Waals surface area contributed by atoms with Gasteiger partial charge in [-0.15, -0.1) is 0 Å². The number of allylic oxidation sites excluding steroid dienone is 1. The Morgan fingerprint density at radius 2 is 1.76 bits per heavy atom. The Kier molecular flexibility index (Phi) is 6.76. The molecule has 0 saturated heterocycles. The van der Waals surface area contributed by atoms with Gasteiger partial charge in [-0.3, -0.25) is 0 Å². The van der Waals surface area contributed by atoms with Crippen LogP contribution in [-0.2, 0) is 0 Å². The summed E-state index contributed by atoms with van der Waals surface area (Å²) in [5, 5.41) is 0. The van der Waals surface area contributed by atoms with Crippen molar-refractivity contribution in [1.29, 1.82) is 0 Å². The SMILES string of the molecule is CCCC(C)C1([C@H]2CC[C@H](C/C=C/F)CC2)CCCCC1. The number of hydrogen-bond donors (Lipinski definition) is 0. The van der Waals surface area contributed by atoms with Crippen LogP contribution in [0.3, 0.4) is 0 Å². The van der Waals surface area contributed by atoms with Crippen molar-refractivity contribution in [3.05, 3.63) is 12.4 Å². The van der Waals surface area contributed by atoms with E-state index in [2.05, 4.69) is 13.8 Å². The predicted molar refractivity (Wildman–Crippen MR) is 89.9 cm³/mol. The molecule has 0 aromatic heterocycles. The van der Waals surface area contributed by atoms with E-state index in [1.54, 1.807) is 6.08 Å². The van der Waals surface area contributed by atoms with Crippen LogP contribution < -0.4 is 0 Å². The molecule has 2 aliphatic carbocycles. The first-order valence-corrected chi connectivity index (χ1v) is 9.48. The van der Waals surface area contributed by atoms with Crippen molar-refractivity contribution in [2.24, 2.45) is 23.2 Å². The van der Waals surface area contributed by atoms with E-state index in [4.69, 9.17) is 0 Å². The highest BCUT2D eigenvalue weighted by Gasteiger charge is 2.44. The summed E-state index contributed by atoms with van der Waals surface area (Å²) in [6.45, 7) is 4.87. The lowest BCUT2D eigenvalue weighted by molar-refractivity contribution is -0.0000176. The van der Waals surface area contributed by atoms with Crippen molar-refractivity contribution >= 4 is 0 Å². The second-order valence-electron chi connectivity index (χ2n) is 7.80. The number of halogens is 1. The molecule has 1 unspecified atom stereocenters. The number of hydrogen-bond acceptors (Lipinski definition) is 0. The van der Waals surface area contributed by atoms with Gasteiger partial charge in [0.25, 0.3) is 0 Å². The summed E-state index contributed by atoms with van der Waals surface area (Å²) in [4.78, 5) is 0. The van der Waals surface area contributed by atoms with Gasteiger partial charge in [0.05, 0.1) is 6.33 Å². The molecule has 0 aromatic carbocycles. The average molecular weight is 294 g/mol. The molecule has 0 N–H and O–H groups in total. The van der Waals surface area contributed by atoms with Crippen molar-refractivity contribution in [2.45, 2.75) is 90.9 Å². The van der Waals surface area contributed by atoms with Crippen LogP contribution in [-0.4, -0.2) is 0 Å². The fourth-order valence-electron chi connectivity index (χ4n) is 5.45. The first-order chi connectivity index (χ1) is 10.2. The van der Waals surface area contributed by atoms with Gasteiger partial charge in [-0.1, -0.05) is 52.0 Å². The van der Waals surface area contributed by atoms with Crippen LogP contribution in [0.1, 0.15) is 90.9 Å². The van der Waals surface area contributed by atoms with Crippen LogP contribution in [0.15, 0.2) is 12.4 Å². The minimum Gasteiger partial charge on any atom is -0.216 e. The molecule has 1 atom stereocenters. The van der Waals surface area contributed by atoms with Gasteiger partial charge in [-0.05, 0) is 68.1 Å². The highest BCUT2D eigenvalue weighted by molar-refractivity contribution is 4.95. The van der Waals surface area contributed by atoms with E-state index in [1.165, 1.54) is 70.6 Å². The Morgan fingerprint density at radius 1 is 1.10 bits per heavy atom. The summed E-state index contributed by atoms with van der Waals surface area (Å²) in [7, 11) is 0. The first-order valence-electron chi connectivity index (χ1n) is 9.48. The minimum absolute atomic E-state index is 0.648. The zero-order chi connectivity index (χ0) is 15.1. The van der Waals surface area contributed by atoms with Gasteiger partial charge >= 0.3 is 0 Å². The summed E-state index contributed by atoms with van der Waals surface area (Å²) < 4.78 is 12.2. The fraction of sp³-hybridized carbons (Fsp3) is 0.900. The van der Waals surface area contributed by atoms with E-state index in [1.807, 2.05) is 0 Å². The van der Waals surface area contributed by atoms with E-state index in [-0.39, 0.29) is 0 Å². The highest BCUT2D eigenvalue weighted by Crippen LogP contribution is 2.54.